The molecular weight excluding hydrogens is 246 g/mol. The van der Waals surface area contributed by atoms with Crippen molar-refractivity contribution in [2.45, 2.75) is 19.8 Å². The van der Waals surface area contributed by atoms with E-state index in [1.807, 2.05) is 12.1 Å². The minimum Gasteiger partial charge on any atom is -0.497 e. The second-order valence-electron chi connectivity index (χ2n) is 4.27. The molecule has 0 aromatic heterocycles. The van der Waals surface area contributed by atoms with E-state index in [1.54, 1.807) is 26.2 Å². The molecule has 5 heteroatoms. The van der Waals surface area contributed by atoms with Gasteiger partial charge in [-0.3, -0.25) is 9.59 Å². The van der Waals surface area contributed by atoms with Crippen LogP contribution in [0, 0.1) is 5.92 Å². The summed E-state index contributed by atoms with van der Waals surface area (Å²) in [4.78, 5) is 22.5. The first-order valence-electron chi connectivity index (χ1n) is 6.19. The molecule has 1 aromatic carbocycles. The summed E-state index contributed by atoms with van der Waals surface area (Å²) in [6.07, 6.45) is 0.734. The standard InChI is InChI=1S/C14H19NO4/c1-3-11(14(17)18)9-15-13(16)8-10-4-6-12(19-2)7-5-10/h4-7,11H,3,8-9H2,1-2H3,(H,15,16)(H,17,18). The summed E-state index contributed by atoms with van der Waals surface area (Å²) in [7, 11) is 1.58. The van der Waals surface area contributed by atoms with Crippen molar-refractivity contribution in [3.63, 3.8) is 0 Å². The summed E-state index contributed by atoms with van der Waals surface area (Å²) in [6.45, 7) is 1.95. The van der Waals surface area contributed by atoms with Gasteiger partial charge in [0.05, 0.1) is 19.4 Å². The fourth-order valence-corrected chi connectivity index (χ4v) is 1.63. The monoisotopic (exact) mass is 265 g/mol. The third-order valence-electron chi connectivity index (χ3n) is 2.91. The molecule has 0 radical (unpaired) electrons. The van der Waals surface area contributed by atoms with Gasteiger partial charge in [-0.1, -0.05) is 19.1 Å². The number of methoxy groups -OCH3 is 1. The average Bonchev–Trinajstić information content (AvgIpc) is 2.40. The van der Waals surface area contributed by atoms with E-state index in [9.17, 15) is 9.59 Å². The Morgan fingerprint density at radius 3 is 2.42 bits per heavy atom. The molecule has 0 saturated carbocycles. The Bertz CT molecular complexity index is 428. The Kier molecular flexibility index (Phi) is 5.85. The van der Waals surface area contributed by atoms with Crippen LogP contribution in [0.25, 0.3) is 0 Å². The van der Waals surface area contributed by atoms with Crippen molar-refractivity contribution >= 4 is 11.9 Å². The van der Waals surface area contributed by atoms with Crippen LogP contribution in [0.1, 0.15) is 18.9 Å². The Morgan fingerprint density at radius 2 is 1.95 bits per heavy atom. The first-order chi connectivity index (χ1) is 9.06. The van der Waals surface area contributed by atoms with Gasteiger partial charge in [-0.2, -0.15) is 0 Å². The summed E-state index contributed by atoms with van der Waals surface area (Å²) in [5.74, 6) is -0.849. The Morgan fingerprint density at radius 1 is 1.32 bits per heavy atom. The largest absolute Gasteiger partial charge is 0.497 e. The van der Waals surface area contributed by atoms with E-state index in [0.717, 1.165) is 11.3 Å². The second-order valence-corrected chi connectivity index (χ2v) is 4.27. The van der Waals surface area contributed by atoms with Gasteiger partial charge in [0, 0.05) is 6.54 Å². The van der Waals surface area contributed by atoms with Gasteiger partial charge >= 0.3 is 5.97 Å². The Balaban J connectivity index is 2.44. The molecule has 0 aliphatic heterocycles. The minimum absolute atomic E-state index is 0.167. The highest BCUT2D eigenvalue weighted by molar-refractivity contribution is 5.79. The normalized spacial score (nSPS) is 11.7. The lowest BCUT2D eigenvalue weighted by Gasteiger charge is -2.11. The Labute approximate surface area is 112 Å². The van der Waals surface area contributed by atoms with Gasteiger partial charge in [-0.25, -0.2) is 0 Å². The molecule has 0 saturated heterocycles. The SMILES string of the molecule is CCC(CNC(=O)Cc1ccc(OC)cc1)C(=O)O. The van der Waals surface area contributed by atoms with Gasteiger partial charge < -0.3 is 15.2 Å². The van der Waals surface area contributed by atoms with Crippen molar-refractivity contribution < 1.29 is 19.4 Å². The fourth-order valence-electron chi connectivity index (χ4n) is 1.63. The number of aliphatic carboxylic acids is 1. The van der Waals surface area contributed by atoms with Crippen molar-refractivity contribution in [2.75, 3.05) is 13.7 Å². The lowest BCUT2D eigenvalue weighted by molar-refractivity contribution is -0.141. The van der Waals surface area contributed by atoms with E-state index in [0.29, 0.717) is 6.42 Å². The first kappa shape index (κ1) is 15.0. The predicted octanol–water partition coefficient (Wildman–Crippen LogP) is 1.46. The minimum atomic E-state index is -0.882. The van der Waals surface area contributed by atoms with Gasteiger partial charge in [-0.05, 0) is 24.1 Å². The highest BCUT2D eigenvalue weighted by Gasteiger charge is 2.15. The smallest absolute Gasteiger partial charge is 0.308 e. The zero-order chi connectivity index (χ0) is 14.3. The van der Waals surface area contributed by atoms with Crippen molar-refractivity contribution in [3.8, 4) is 5.75 Å². The summed E-state index contributed by atoms with van der Waals surface area (Å²) in [5.41, 5.74) is 0.863. The molecule has 1 atom stereocenters. The number of carboxylic acids is 1. The fraction of sp³-hybridized carbons (Fsp3) is 0.429. The van der Waals surface area contributed by atoms with Gasteiger partial charge in [0.15, 0.2) is 0 Å². The number of carboxylic acid groups (broad SMARTS) is 1. The molecule has 1 amide bonds. The molecule has 1 aromatic rings. The van der Waals surface area contributed by atoms with Crippen molar-refractivity contribution in [3.05, 3.63) is 29.8 Å². The van der Waals surface area contributed by atoms with E-state index in [1.165, 1.54) is 0 Å². The van der Waals surface area contributed by atoms with Crippen molar-refractivity contribution in [1.82, 2.24) is 5.32 Å². The highest BCUT2D eigenvalue weighted by atomic mass is 16.5. The van der Waals surface area contributed by atoms with E-state index in [2.05, 4.69) is 5.32 Å². The molecular formula is C14H19NO4. The maximum atomic E-state index is 11.7. The molecule has 0 spiro atoms. The predicted molar refractivity (Wildman–Crippen MR) is 71.1 cm³/mol. The lowest BCUT2D eigenvalue weighted by Crippen LogP contribution is -2.33. The van der Waals surface area contributed by atoms with E-state index in [-0.39, 0.29) is 18.9 Å². The number of rotatable bonds is 7. The summed E-state index contributed by atoms with van der Waals surface area (Å²) in [5, 5.41) is 11.5. The molecule has 0 bridgehead atoms. The molecule has 0 aliphatic carbocycles. The summed E-state index contributed by atoms with van der Waals surface area (Å²) < 4.78 is 5.03. The molecule has 0 aliphatic rings. The van der Waals surface area contributed by atoms with Crippen LogP contribution in [0.3, 0.4) is 0 Å². The van der Waals surface area contributed by atoms with E-state index < -0.39 is 11.9 Å². The molecule has 1 rings (SSSR count). The van der Waals surface area contributed by atoms with Gasteiger partial charge in [0.25, 0.3) is 0 Å². The number of ether oxygens (including phenoxy) is 1. The Hall–Kier alpha value is -2.04. The van der Waals surface area contributed by atoms with Crippen LogP contribution in [0.15, 0.2) is 24.3 Å². The number of carbonyl (C=O) groups excluding carboxylic acids is 1. The topological polar surface area (TPSA) is 75.6 Å². The van der Waals surface area contributed by atoms with Crippen LogP contribution in [-0.4, -0.2) is 30.6 Å². The molecule has 0 fully saturated rings. The van der Waals surface area contributed by atoms with Crippen LogP contribution in [0.5, 0.6) is 5.75 Å². The summed E-state index contributed by atoms with van der Waals surface area (Å²) in [6, 6.07) is 7.20. The van der Waals surface area contributed by atoms with Crippen LogP contribution < -0.4 is 10.1 Å². The molecule has 2 N–H and O–H groups in total. The average molecular weight is 265 g/mol. The van der Waals surface area contributed by atoms with Crippen LogP contribution in [-0.2, 0) is 16.0 Å². The first-order valence-corrected chi connectivity index (χ1v) is 6.19. The quantitative estimate of drug-likeness (QED) is 0.782. The number of nitrogens with one attached hydrogen (secondary N) is 1. The number of hydrogen-bond donors (Lipinski definition) is 2. The number of hydrogen-bond acceptors (Lipinski definition) is 3. The van der Waals surface area contributed by atoms with Crippen molar-refractivity contribution in [1.29, 1.82) is 0 Å². The van der Waals surface area contributed by atoms with Gasteiger partial charge in [0.2, 0.25) is 5.91 Å². The zero-order valence-corrected chi connectivity index (χ0v) is 11.2. The number of amides is 1. The van der Waals surface area contributed by atoms with Crippen LogP contribution in [0.4, 0.5) is 0 Å². The van der Waals surface area contributed by atoms with Gasteiger partial charge in [-0.15, -0.1) is 0 Å². The maximum Gasteiger partial charge on any atom is 0.308 e. The van der Waals surface area contributed by atoms with Crippen molar-refractivity contribution in [2.24, 2.45) is 5.92 Å². The third kappa shape index (κ3) is 4.99. The highest BCUT2D eigenvalue weighted by Crippen LogP contribution is 2.11. The van der Waals surface area contributed by atoms with Gasteiger partial charge in [0.1, 0.15) is 5.75 Å². The van der Waals surface area contributed by atoms with Crippen LogP contribution >= 0.6 is 0 Å². The lowest BCUT2D eigenvalue weighted by atomic mass is 10.1. The summed E-state index contributed by atoms with van der Waals surface area (Å²) >= 11 is 0. The molecule has 19 heavy (non-hydrogen) atoms. The second kappa shape index (κ2) is 7.41. The number of carbonyl (C=O) groups is 2. The molecule has 1 unspecified atom stereocenters. The third-order valence-corrected chi connectivity index (χ3v) is 2.91. The maximum absolute atomic E-state index is 11.7. The molecule has 0 heterocycles. The van der Waals surface area contributed by atoms with Crippen LogP contribution in [0.2, 0.25) is 0 Å². The zero-order valence-electron chi connectivity index (χ0n) is 11.2. The number of benzene rings is 1. The van der Waals surface area contributed by atoms with E-state index >= 15 is 0 Å². The van der Waals surface area contributed by atoms with E-state index in [4.69, 9.17) is 9.84 Å². The molecule has 104 valence electrons. The molecule has 5 nitrogen and oxygen atoms in total.